The molecule has 3 nitrogen and oxygen atoms in total. The molecule has 0 aliphatic heterocycles. The molecule has 16 heavy (non-hydrogen) atoms. The van der Waals surface area contributed by atoms with Crippen LogP contribution < -0.4 is 0 Å². The van der Waals surface area contributed by atoms with Gasteiger partial charge in [0.05, 0.1) is 6.54 Å². The number of aromatic nitrogens is 3. The summed E-state index contributed by atoms with van der Waals surface area (Å²) in [6.45, 7) is 0.261. The SMILES string of the molecule is FC(F)c1nc(Cl)ccc1Cn1cccn1. The van der Waals surface area contributed by atoms with Crippen molar-refractivity contribution in [3.63, 3.8) is 0 Å². The van der Waals surface area contributed by atoms with E-state index in [-0.39, 0.29) is 17.4 Å². The van der Waals surface area contributed by atoms with E-state index in [1.165, 1.54) is 6.07 Å². The van der Waals surface area contributed by atoms with Gasteiger partial charge in [-0.2, -0.15) is 5.10 Å². The molecule has 0 saturated carbocycles. The van der Waals surface area contributed by atoms with Gasteiger partial charge in [-0.05, 0) is 12.1 Å². The highest BCUT2D eigenvalue weighted by Gasteiger charge is 2.15. The molecule has 0 amide bonds. The lowest BCUT2D eigenvalue weighted by Gasteiger charge is -2.08. The van der Waals surface area contributed by atoms with Crippen molar-refractivity contribution in [3.8, 4) is 0 Å². The Morgan fingerprint density at radius 3 is 2.81 bits per heavy atom. The van der Waals surface area contributed by atoms with E-state index in [9.17, 15) is 8.78 Å². The molecule has 0 atom stereocenters. The van der Waals surface area contributed by atoms with Crippen LogP contribution in [0.5, 0.6) is 0 Å². The van der Waals surface area contributed by atoms with Gasteiger partial charge in [-0.1, -0.05) is 17.7 Å². The Hall–Kier alpha value is -1.49. The standard InChI is InChI=1S/C10H8ClF2N3/c11-8-3-2-7(9(15-8)10(12)13)6-16-5-1-4-14-16/h1-5,10H,6H2. The van der Waals surface area contributed by atoms with Crippen LogP contribution in [0.2, 0.25) is 5.15 Å². The minimum Gasteiger partial charge on any atom is -0.268 e. The summed E-state index contributed by atoms with van der Waals surface area (Å²) in [5, 5.41) is 4.01. The van der Waals surface area contributed by atoms with Gasteiger partial charge in [-0.3, -0.25) is 4.68 Å². The molecule has 0 aliphatic rings. The third-order valence-corrected chi connectivity index (χ3v) is 2.29. The third-order valence-electron chi connectivity index (χ3n) is 2.08. The van der Waals surface area contributed by atoms with Crippen LogP contribution in [0, 0.1) is 0 Å². The number of hydrogen-bond acceptors (Lipinski definition) is 2. The fourth-order valence-corrected chi connectivity index (χ4v) is 1.52. The topological polar surface area (TPSA) is 30.7 Å². The highest BCUT2D eigenvalue weighted by molar-refractivity contribution is 6.29. The molecule has 84 valence electrons. The Kier molecular flexibility index (Phi) is 3.14. The van der Waals surface area contributed by atoms with Crippen molar-refractivity contribution in [1.82, 2.24) is 14.8 Å². The summed E-state index contributed by atoms with van der Waals surface area (Å²) in [4.78, 5) is 3.63. The first-order valence-corrected chi connectivity index (χ1v) is 4.95. The maximum Gasteiger partial charge on any atom is 0.280 e. The maximum absolute atomic E-state index is 12.7. The van der Waals surface area contributed by atoms with Crippen LogP contribution in [-0.2, 0) is 6.54 Å². The van der Waals surface area contributed by atoms with Crippen LogP contribution >= 0.6 is 11.6 Å². The van der Waals surface area contributed by atoms with E-state index in [0.717, 1.165) is 0 Å². The van der Waals surface area contributed by atoms with Crippen LogP contribution in [0.15, 0.2) is 30.6 Å². The summed E-state index contributed by atoms with van der Waals surface area (Å²) in [6, 6.07) is 4.76. The van der Waals surface area contributed by atoms with Crippen molar-refractivity contribution in [3.05, 3.63) is 47.0 Å². The zero-order chi connectivity index (χ0) is 11.5. The predicted molar refractivity (Wildman–Crippen MR) is 55.5 cm³/mol. The highest BCUT2D eigenvalue weighted by Crippen LogP contribution is 2.23. The molecule has 0 unspecified atom stereocenters. The first-order valence-electron chi connectivity index (χ1n) is 4.57. The van der Waals surface area contributed by atoms with Gasteiger partial charge in [-0.15, -0.1) is 0 Å². The molecular formula is C10H8ClF2N3. The summed E-state index contributed by atoms with van der Waals surface area (Å²) in [5.74, 6) is 0. The van der Waals surface area contributed by atoms with Crippen molar-refractivity contribution in [2.45, 2.75) is 13.0 Å². The first-order chi connectivity index (χ1) is 7.66. The average molecular weight is 244 g/mol. The molecular weight excluding hydrogens is 236 g/mol. The molecule has 0 aromatic carbocycles. The Morgan fingerprint density at radius 2 is 2.19 bits per heavy atom. The van der Waals surface area contributed by atoms with Gasteiger partial charge in [-0.25, -0.2) is 13.8 Å². The van der Waals surface area contributed by atoms with Crippen LogP contribution in [0.1, 0.15) is 17.7 Å². The van der Waals surface area contributed by atoms with Gasteiger partial charge in [0, 0.05) is 18.0 Å². The fraction of sp³-hybridized carbons (Fsp3) is 0.200. The third kappa shape index (κ3) is 2.36. The molecule has 6 heteroatoms. The average Bonchev–Trinajstić information content (AvgIpc) is 2.73. The van der Waals surface area contributed by atoms with E-state index < -0.39 is 6.43 Å². The van der Waals surface area contributed by atoms with Crippen LogP contribution in [-0.4, -0.2) is 14.8 Å². The molecule has 0 radical (unpaired) electrons. The largest absolute Gasteiger partial charge is 0.280 e. The Labute approximate surface area is 95.7 Å². The van der Waals surface area contributed by atoms with E-state index in [1.54, 1.807) is 29.2 Å². The lowest BCUT2D eigenvalue weighted by Crippen LogP contribution is -2.05. The highest BCUT2D eigenvalue weighted by atomic mass is 35.5. The number of hydrogen-bond donors (Lipinski definition) is 0. The van der Waals surface area contributed by atoms with Crippen LogP contribution in [0.4, 0.5) is 8.78 Å². The molecule has 0 spiro atoms. The zero-order valence-corrected chi connectivity index (χ0v) is 8.90. The minimum absolute atomic E-state index is 0.0690. The Bertz CT molecular complexity index is 471. The molecule has 2 aromatic heterocycles. The van der Waals surface area contributed by atoms with E-state index >= 15 is 0 Å². The lowest BCUT2D eigenvalue weighted by molar-refractivity contribution is 0.144. The summed E-state index contributed by atoms with van der Waals surface area (Å²) < 4.78 is 26.9. The quantitative estimate of drug-likeness (QED) is 0.776. The number of alkyl halides is 2. The number of nitrogens with zero attached hydrogens (tertiary/aromatic N) is 3. The summed E-state index contributed by atoms with van der Waals surface area (Å²) >= 11 is 5.58. The molecule has 0 aliphatic carbocycles. The Morgan fingerprint density at radius 1 is 1.38 bits per heavy atom. The van der Waals surface area contributed by atoms with E-state index in [2.05, 4.69) is 10.1 Å². The second kappa shape index (κ2) is 4.57. The number of halogens is 3. The lowest BCUT2D eigenvalue weighted by atomic mass is 10.2. The summed E-state index contributed by atoms with van der Waals surface area (Å²) in [6.07, 6.45) is 0.652. The van der Waals surface area contributed by atoms with Crippen molar-refractivity contribution >= 4 is 11.6 Å². The van der Waals surface area contributed by atoms with Crippen LogP contribution in [0.25, 0.3) is 0 Å². The normalized spacial score (nSPS) is 11.0. The smallest absolute Gasteiger partial charge is 0.268 e. The molecule has 0 saturated heterocycles. The van der Waals surface area contributed by atoms with E-state index in [4.69, 9.17) is 11.6 Å². The van der Waals surface area contributed by atoms with Crippen molar-refractivity contribution in [2.24, 2.45) is 0 Å². The monoisotopic (exact) mass is 243 g/mol. The molecule has 0 fully saturated rings. The predicted octanol–water partition coefficient (Wildman–Crippen LogP) is 2.92. The van der Waals surface area contributed by atoms with Gasteiger partial charge in [0.25, 0.3) is 6.43 Å². The van der Waals surface area contributed by atoms with Crippen molar-refractivity contribution < 1.29 is 8.78 Å². The zero-order valence-electron chi connectivity index (χ0n) is 8.15. The first kappa shape index (κ1) is 11.0. The second-order valence-corrected chi connectivity index (χ2v) is 3.57. The molecule has 0 bridgehead atoms. The van der Waals surface area contributed by atoms with Crippen molar-refractivity contribution in [1.29, 1.82) is 0 Å². The minimum atomic E-state index is -2.63. The van der Waals surface area contributed by atoms with Crippen LogP contribution in [0.3, 0.4) is 0 Å². The maximum atomic E-state index is 12.7. The van der Waals surface area contributed by atoms with E-state index in [1.807, 2.05) is 0 Å². The van der Waals surface area contributed by atoms with Crippen molar-refractivity contribution in [2.75, 3.05) is 0 Å². The van der Waals surface area contributed by atoms with Gasteiger partial charge in [0.1, 0.15) is 10.8 Å². The van der Waals surface area contributed by atoms with E-state index in [0.29, 0.717) is 5.56 Å². The van der Waals surface area contributed by atoms with Gasteiger partial charge in [0.15, 0.2) is 0 Å². The number of pyridine rings is 1. The molecule has 2 aromatic rings. The van der Waals surface area contributed by atoms with Gasteiger partial charge >= 0.3 is 0 Å². The fourth-order valence-electron chi connectivity index (χ4n) is 1.37. The summed E-state index contributed by atoms with van der Waals surface area (Å²) in [5.41, 5.74) is 0.131. The molecule has 0 N–H and O–H groups in total. The summed E-state index contributed by atoms with van der Waals surface area (Å²) in [7, 11) is 0. The van der Waals surface area contributed by atoms with Gasteiger partial charge in [0.2, 0.25) is 0 Å². The second-order valence-electron chi connectivity index (χ2n) is 3.18. The molecule has 2 heterocycles. The number of rotatable bonds is 3. The van der Waals surface area contributed by atoms with Gasteiger partial charge < -0.3 is 0 Å². The molecule has 2 rings (SSSR count). The Balaban J connectivity index is 2.33.